The van der Waals surface area contributed by atoms with E-state index in [1.54, 1.807) is 30.2 Å². The number of nitrogens with two attached hydrogens (primary N) is 1. The Morgan fingerprint density at radius 3 is 2.95 bits per heavy atom. The highest BCUT2D eigenvalue weighted by Crippen LogP contribution is 2.22. The number of halogens is 2. The zero-order valence-corrected chi connectivity index (χ0v) is 12.3. The fraction of sp³-hybridized carbons (Fsp3) is 0.214. The van der Waals surface area contributed by atoms with Gasteiger partial charge in [0.1, 0.15) is 5.82 Å². The van der Waals surface area contributed by atoms with Crippen molar-refractivity contribution in [3.63, 3.8) is 0 Å². The topological polar surface area (TPSA) is 50.9 Å². The Balaban J connectivity index is 1.94. The minimum absolute atomic E-state index is 0.0446. The predicted octanol–water partition coefficient (Wildman–Crippen LogP) is 3.04. The van der Waals surface area contributed by atoms with E-state index >= 15 is 0 Å². The zero-order chi connectivity index (χ0) is 14.4. The minimum atomic E-state index is -0.232. The molecule has 3 nitrogen and oxygen atoms in total. The van der Waals surface area contributed by atoms with E-state index in [0.29, 0.717) is 11.4 Å². The maximum absolute atomic E-state index is 13.1. The molecule has 6 heteroatoms. The maximum atomic E-state index is 13.1. The van der Waals surface area contributed by atoms with Crippen LogP contribution >= 0.6 is 23.4 Å². The summed E-state index contributed by atoms with van der Waals surface area (Å²) in [6.07, 6.45) is 4.01. The van der Waals surface area contributed by atoms with Gasteiger partial charge in [0.15, 0.2) is 0 Å². The van der Waals surface area contributed by atoms with E-state index < -0.39 is 0 Å². The first-order valence-electron chi connectivity index (χ1n) is 6.12. The van der Waals surface area contributed by atoms with Crippen LogP contribution in [-0.2, 0) is 6.42 Å². The van der Waals surface area contributed by atoms with Crippen LogP contribution in [0.3, 0.4) is 0 Å². The summed E-state index contributed by atoms with van der Waals surface area (Å²) in [5.74, 6) is 6.06. The van der Waals surface area contributed by atoms with Crippen LogP contribution in [0.4, 0.5) is 4.39 Å². The third kappa shape index (κ3) is 4.45. The van der Waals surface area contributed by atoms with Gasteiger partial charge in [0.2, 0.25) is 0 Å². The summed E-state index contributed by atoms with van der Waals surface area (Å²) in [6, 6.07) is 8.43. The summed E-state index contributed by atoms with van der Waals surface area (Å²) in [5.41, 5.74) is 3.76. The number of nitrogens with one attached hydrogen (secondary N) is 1. The van der Waals surface area contributed by atoms with E-state index in [4.69, 9.17) is 17.4 Å². The van der Waals surface area contributed by atoms with Crippen molar-refractivity contribution in [1.29, 1.82) is 0 Å². The molecule has 0 aliphatic carbocycles. The largest absolute Gasteiger partial charge is 0.271 e. The van der Waals surface area contributed by atoms with Crippen molar-refractivity contribution in [1.82, 2.24) is 10.4 Å². The summed E-state index contributed by atoms with van der Waals surface area (Å²) < 4.78 is 13.1. The van der Waals surface area contributed by atoms with Gasteiger partial charge in [0.25, 0.3) is 0 Å². The Labute approximate surface area is 126 Å². The van der Waals surface area contributed by atoms with Crippen molar-refractivity contribution in [3.8, 4) is 0 Å². The van der Waals surface area contributed by atoms with Gasteiger partial charge in [0, 0.05) is 29.1 Å². The number of nitrogens with zero attached hydrogens (tertiary/aromatic N) is 1. The van der Waals surface area contributed by atoms with Gasteiger partial charge >= 0.3 is 0 Å². The first-order chi connectivity index (χ1) is 9.69. The van der Waals surface area contributed by atoms with E-state index in [9.17, 15) is 4.39 Å². The number of hydrogen-bond acceptors (Lipinski definition) is 4. The van der Waals surface area contributed by atoms with E-state index in [0.717, 1.165) is 16.2 Å². The van der Waals surface area contributed by atoms with Crippen molar-refractivity contribution in [2.75, 3.05) is 5.75 Å². The number of rotatable bonds is 6. The lowest BCUT2D eigenvalue weighted by molar-refractivity contribution is 0.575. The molecule has 0 amide bonds. The fourth-order valence-electron chi connectivity index (χ4n) is 1.75. The Morgan fingerprint density at radius 2 is 2.25 bits per heavy atom. The molecule has 1 aromatic heterocycles. The lowest BCUT2D eigenvalue weighted by Gasteiger charge is -2.16. The molecule has 1 unspecified atom stereocenters. The molecule has 0 aliphatic heterocycles. The summed E-state index contributed by atoms with van der Waals surface area (Å²) in [4.78, 5) is 4.83. The molecule has 1 heterocycles. The number of hydrazine groups is 1. The standard InChI is InChI=1S/C14H15ClFN3S/c15-14-8-18-5-4-10(14)6-12(19-17)9-20-13-3-1-2-11(16)7-13/h1-5,7-8,12,19H,6,9,17H2. The van der Waals surface area contributed by atoms with Crippen LogP contribution < -0.4 is 11.3 Å². The van der Waals surface area contributed by atoms with Crippen molar-refractivity contribution in [3.05, 3.63) is 59.1 Å². The van der Waals surface area contributed by atoms with E-state index in [1.807, 2.05) is 12.1 Å². The van der Waals surface area contributed by atoms with E-state index in [2.05, 4.69) is 10.4 Å². The van der Waals surface area contributed by atoms with Crippen molar-refractivity contribution in [2.24, 2.45) is 5.84 Å². The highest BCUT2D eigenvalue weighted by atomic mass is 35.5. The van der Waals surface area contributed by atoms with Crippen LogP contribution in [0.1, 0.15) is 5.56 Å². The third-order valence-corrected chi connectivity index (χ3v) is 4.30. The molecule has 1 atom stereocenters. The quantitative estimate of drug-likeness (QED) is 0.489. The zero-order valence-electron chi connectivity index (χ0n) is 10.7. The van der Waals surface area contributed by atoms with Crippen molar-refractivity contribution >= 4 is 23.4 Å². The van der Waals surface area contributed by atoms with Crippen LogP contribution in [0.15, 0.2) is 47.6 Å². The molecular weight excluding hydrogens is 297 g/mol. The minimum Gasteiger partial charge on any atom is -0.271 e. The molecule has 1 aromatic carbocycles. The highest BCUT2D eigenvalue weighted by Gasteiger charge is 2.11. The van der Waals surface area contributed by atoms with Gasteiger partial charge in [-0.3, -0.25) is 16.3 Å². The average Bonchev–Trinajstić information content (AvgIpc) is 2.45. The number of hydrogen-bond donors (Lipinski definition) is 2. The summed E-state index contributed by atoms with van der Waals surface area (Å²) in [5, 5.41) is 0.628. The molecule has 3 N–H and O–H groups in total. The Bertz CT molecular complexity index is 568. The molecule has 0 fully saturated rings. The lowest BCUT2D eigenvalue weighted by atomic mass is 10.1. The van der Waals surface area contributed by atoms with Gasteiger partial charge in [-0.25, -0.2) is 4.39 Å². The number of aromatic nitrogens is 1. The third-order valence-electron chi connectivity index (χ3n) is 2.81. The van der Waals surface area contributed by atoms with E-state index in [1.165, 1.54) is 12.1 Å². The molecule has 0 spiro atoms. The molecule has 2 aromatic rings. The number of benzene rings is 1. The molecule has 0 radical (unpaired) electrons. The monoisotopic (exact) mass is 311 g/mol. The average molecular weight is 312 g/mol. The smallest absolute Gasteiger partial charge is 0.124 e. The van der Waals surface area contributed by atoms with Crippen LogP contribution in [0.25, 0.3) is 0 Å². The first-order valence-corrected chi connectivity index (χ1v) is 7.48. The molecular formula is C14H15ClFN3S. The normalized spacial score (nSPS) is 12.3. The van der Waals surface area contributed by atoms with Crippen LogP contribution in [0, 0.1) is 5.82 Å². The van der Waals surface area contributed by atoms with Crippen molar-refractivity contribution < 1.29 is 4.39 Å². The molecule has 20 heavy (non-hydrogen) atoms. The Hall–Kier alpha value is -1.14. The van der Waals surface area contributed by atoms with Crippen LogP contribution in [0.2, 0.25) is 5.02 Å². The Morgan fingerprint density at radius 1 is 1.40 bits per heavy atom. The fourth-order valence-corrected chi connectivity index (χ4v) is 2.93. The van der Waals surface area contributed by atoms with Gasteiger partial charge in [-0.15, -0.1) is 11.8 Å². The summed E-state index contributed by atoms with van der Waals surface area (Å²) in [6.45, 7) is 0. The maximum Gasteiger partial charge on any atom is 0.124 e. The summed E-state index contributed by atoms with van der Waals surface area (Å²) >= 11 is 7.63. The van der Waals surface area contributed by atoms with Gasteiger partial charge in [-0.05, 0) is 36.2 Å². The predicted molar refractivity (Wildman–Crippen MR) is 81.2 cm³/mol. The van der Waals surface area contributed by atoms with E-state index in [-0.39, 0.29) is 11.9 Å². The second-order valence-electron chi connectivity index (χ2n) is 4.30. The molecule has 0 saturated carbocycles. The molecule has 106 valence electrons. The molecule has 0 saturated heterocycles. The molecule has 0 aliphatic rings. The molecule has 0 bridgehead atoms. The van der Waals surface area contributed by atoms with Crippen LogP contribution in [0.5, 0.6) is 0 Å². The lowest BCUT2D eigenvalue weighted by Crippen LogP contribution is -2.38. The SMILES string of the molecule is NNC(CSc1cccc(F)c1)Cc1ccncc1Cl. The first kappa shape index (κ1) is 15.3. The summed E-state index contributed by atoms with van der Waals surface area (Å²) in [7, 11) is 0. The van der Waals surface area contributed by atoms with Gasteiger partial charge in [-0.1, -0.05) is 17.7 Å². The second-order valence-corrected chi connectivity index (χ2v) is 5.80. The number of pyridine rings is 1. The van der Waals surface area contributed by atoms with Crippen molar-refractivity contribution in [2.45, 2.75) is 17.4 Å². The van der Waals surface area contributed by atoms with Gasteiger partial charge < -0.3 is 0 Å². The molecule has 2 rings (SSSR count). The second kappa shape index (κ2) is 7.59. The number of thioether (sulfide) groups is 1. The highest BCUT2D eigenvalue weighted by molar-refractivity contribution is 7.99. The van der Waals surface area contributed by atoms with Gasteiger partial charge in [0.05, 0.1) is 5.02 Å². The van der Waals surface area contributed by atoms with Gasteiger partial charge in [-0.2, -0.15) is 0 Å². The Kier molecular flexibility index (Phi) is 5.79. The van der Waals surface area contributed by atoms with Crippen LogP contribution in [-0.4, -0.2) is 16.8 Å².